The third-order valence-corrected chi connectivity index (χ3v) is 4.82. The number of hydrogen-bond donors (Lipinski definition) is 1. The van der Waals surface area contributed by atoms with Crippen molar-refractivity contribution >= 4 is 0 Å². The zero-order chi connectivity index (χ0) is 11.7. The van der Waals surface area contributed by atoms with Gasteiger partial charge in [-0.3, -0.25) is 0 Å². The summed E-state index contributed by atoms with van der Waals surface area (Å²) in [7, 11) is 2.08. The second kappa shape index (κ2) is 4.81. The maximum Gasteiger partial charge on any atom is -0.00177 e. The fourth-order valence-electron chi connectivity index (χ4n) is 3.42. The Morgan fingerprint density at radius 3 is 2.35 bits per heavy atom. The van der Waals surface area contributed by atoms with Gasteiger partial charge in [0, 0.05) is 0 Å². The minimum atomic E-state index is 0.833. The van der Waals surface area contributed by atoms with Gasteiger partial charge in [-0.1, -0.05) is 30.7 Å². The molecule has 1 aromatic rings. The molecule has 0 saturated heterocycles. The first-order valence-corrected chi connectivity index (χ1v) is 7.13. The SMILES string of the molecule is CNCC1CCC1c1ccccc1C1CCC1. The van der Waals surface area contributed by atoms with Crippen molar-refractivity contribution in [1.29, 1.82) is 0 Å². The molecule has 0 bridgehead atoms. The fraction of sp³-hybridized carbons (Fsp3) is 0.625. The van der Waals surface area contributed by atoms with Gasteiger partial charge in [0.15, 0.2) is 0 Å². The van der Waals surface area contributed by atoms with E-state index in [4.69, 9.17) is 0 Å². The first kappa shape index (κ1) is 11.3. The summed E-state index contributed by atoms with van der Waals surface area (Å²) in [6.45, 7) is 1.18. The molecule has 1 aromatic carbocycles. The van der Waals surface area contributed by atoms with Crippen molar-refractivity contribution in [3.63, 3.8) is 0 Å². The van der Waals surface area contributed by atoms with E-state index in [0.717, 1.165) is 17.8 Å². The standard InChI is InChI=1S/C16H23N/c1-17-11-13-9-10-15(13)16-8-3-2-7-14(16)12-5-4-6-12/h2-3,7-8,12-13,15,17H,4-6,9-11H2,1H3. The third kappa shape index (κ3) is 2.01. The van der Waals surface area contributed by atoms with Crippen molar-refractivity contribution in [1.82, 2.24) is 5.32 Å². The topological polar surface area (TPSA) is 12.0 Å². The van der Waals surface area contributed by atoms with Crippen molar-refractivity contribution in [2.45, 2.75) is 43.9 Å². The predicted octanol–water partition coefficient (Wildman–Crippen LogP) is 3.67. The maximum atomic E-state index is 3.35. The Hall–Kier alpha value is -0.820. The average Bonchev–Trinajstić information content (AvgIpc) is 2.25. The van der Waals surface area contributed by atoms with E-state index in [0.29, 0.717) is 0 Å². The summed E-state index contributed by atoms with van der Waals surface area (Å²) in [5.74, 6) is 2.59. The second-order valence-electron chi connectivity index (χ2n) is 5.76. The molecular weight excluding hydrogens is 206 g/mol. The lowest BCUT2D eigenvalue weighted by molar-refractivity contribution is 0.247. The van der Waals surface area contributed by atoms with E-state index in [1.54, 1.807) is 11.1 Å². The summed E-state index contributed by atoms with van der Waals surface area (Å²) < 4.78 is 0. The quantitative estimate of drug-likeness (QED) is 0.830. The van der Waals surface area contributed by atoms with E-state index in [2.05, 4.69) is 36.6 Å². The van der Waals surface area contributed by atoms with Gasteiger partial charge in [0.25, 0.3) is 0 Å². The van der Waals surface area contributed by atoms with Crippen molar-refractivity contribution < 1.29 is 0 Å². The van der Waals surface area contributed by atoms with E-state index in [-0.39, 0.29) is 0 Å². The molecule has 0 spiro atoms. The molecule has 2 aliphatic rings. The molecule has 2 aliphatic carbocycles. The van der Waals surface area contributed by atoms with Gasteiger partial charge in [-0.05, 0) is 68.2 Å². The Morgan fingerprint density at radius 2 is 1.82 bits per heavy atom. The van der Waals surface area contributed by atoms with E-state index in [1.807, 2.05) is 0 Å². The minimum Gasteiger partial charge on any atom is -0.319 e. The lowest BCUT2D eigenvalue weighted by atomic mass is 9.66. The van der Waals surface area contributed by atoms with Crippen molar-refractivity contribution in [2.75, 3.05) is 13.6 Å². The second-order valence-corrected chi connectivity index (χ2v) is 5.76. The molecule has 0 aliphatic heterocycles. The van der Waals surface area contributed by atoms with Crippen LogP contribution >= 0.6 is 0 Å². The molecule has 0 amide bonds. The number of benzene rings is 1. The molecule has 2 unspecified atom stereocenters. The molecule has 2 atom stereocenters. The zero-order valence-electron chi connectivity index (χ0n) is 10.8. The summed E-state index contributed by atoms with van der Waals surface area (Å²) in [6.07, 6.45) is 7.07. The van der Waals surface area contributed by atoms with Crippen LogP contribution in [0.15, 0.2) is 24.3 Å². The third-order valence-electron chi connectivity index (χ3n) is 4.82. The van der Waals surface area contributed by atoms with Gasteiger partial charge < -0.3 is 5.32 Å². The lowest BCUT2D eigenvalue weighted by Gasteiger charge is -2.40. The maximum absolute atomic E-state index is 3.35. The van der Waals surface area contributed by atoms with Crippen molar-refractivity contribution in [3.05, 3.63) is 35.4 Å². The van der Waals surface area contributed by atoms with Crippen molar-refractivity contribution in [3.8, 4) is 0 Å². The van der Waals surface area contributed by atoms with Gasteiger partial charge in [-0.2, -0.15) is 0 Å². The van der Waals surface area contributed by atoms with Crippen molar-refractivity contribution in [2.24, 2.45) is 5.92 Å². The van der Waals surface area contributed by atoms with Crippen LogP contribution in [0.1, 0.15) is 55.1 Å². The first-order chi connectivity index (χ1) is 8.40. The molecular formula is C16H23N. The first-order valence-electron chi connectivity index (χ1n) is 7.13. The molecule has 3 rings (SSSR count). The molecule has 0 radical (unpaired) electrons. The summed E-state index contributed by atoms with van der Waals surface area (Å²) in [5.41, 5.74) is 3.34. The molecule has 0 heterocycles. The molecule has 1 nitrogen and oxygen atoms in total. The molecule has 92 valence electrons. The largest absolute Gasteiger partial charge is 0.319 e. The van der Waals surface area contributed by atoms with Gasteiger partial charge in [0.2, 0.25) is 0 Å². The normalized spacial score (nSPS) is 28.5. The van der Waals surface area contributed by atoms with Crippen LogP contribution in [0, 0.1) is 5.92 Å². The summed E-state index contributed by atoms with van der Waals surface area (Å²) in [5, 5.41) is 3.35. The van der Waals surface area contributed by atoms with Crippen LogP contribution in [0.25, 0.3) is 0 Å². The highest BCUT2D eigenvalue weighted by atomic mass is 14.8. The number of nitrogens with one attached hydrogen (secondary N) is 1. The summed E-state index contributed by atoms with van der Waals surface area (Å²) in [4.78, 5) is 0. The zero-order valence-corrected chi connectivity index (χ0v) is 10.8. The van der Waals surface area contributed by atoms with Crippen LogP contribution in [0.3, 0.4) is 0 Å². The van der Waals surface area contributed by atoms with Crippen LogP contribution < -0.4 is 5.32 Å². The highest BCUT2D eigenvalue weighted by molar-refractivity contribution is 5.36. The Morgan fingerprint density at radius 1 is 1.06 bits per heavy atom. The van der Waals surface area contributed by atoms with E-state index in [1.165, 1.54) is 38.6 Å². The fourth-order valence-corrected chi connectivity index (χ4v) is 3.42. The van der Waals surface area contributed by atoms with Gasteiger partial charge in [-0.25, -0.2) is 0 Å². The molecule has 2 saturated carbocycles. The van der Waals surface area contributed by atoms with E-state index < -0.39 is 0 Å². The minimum absolute atomic E-state index is 0.833. The van der Waals surface area contributed by atoms with E-state index >= 15 is 0 Å². The monoisotopic (exact) mass is 229 g/mol. The summed E-state index contributed by atoms with van der Waals surface area (Å²) >= 11 is 0. The van der Waals surface area contributed by atoms with Crippen LogP contribution in [0.5, 0.6) is 0 Å². The van der Waals surface area contributed by atoms with Gasteiger partial charge >= 0.3 is 0 Å². The highest BCUT2D eigenvalue weighted by Gasteiger charge is 2.34. The Bertz CT molecular complexity index is 381. The average molecular weight is 229 g/mol. The van der Waals surface area contributed by atoms with Crippen LogP contribution in [0.4, 0.5) is 0 Å². The Kier molecular flexibility index (Phi) is 3.19. The number of rotatable bonds is 4. The molecule has 2 fully saturated rings. The number of hydrogen-bond acceptors (Lipinski definition) is 1. The highest BCUT2D eigenvalue weighted by Crippen LogP contribution is 2.47. The van der Waals surface area contributed by atoms with Gasteiger partial charge in [0.05, 0.1) is 0 Å². The molecule has 1 N–H and O–H groups in total. The lowest BCUT2D eigenvalue weighted by Crippen LogP contribution is -2.33. The van der Waals surface area contributed by atoms with Gasteiger partial charge in [0.1, 0.15) is 0 Å². The van der Waals surface area contributed by atoms with Crippen LogP contribution in [-0.2, 0) is 0 Å². The van der Waals surface area contributed by atoms with Gasteiger partial charge in [-0.15, -0.1) is 0 Å². The van der Waals surface area contributed by atoms with Crippen LogP contribution in [0.2, 0.25) is 0 Å². The van der Waals surface area contributed by atoms with E-state index in [9.17, 15) is 0 Å². The Balaban J connectivity index is 1.81. The van der Waals surface area contributed by atoms with Crippen LogP contribution in [-0.4, -0.2) is 13.6 Å². The predicted molar refractivity (Wildman–Crippen MR) is 72.4 cm³/mol. The molecule has 1 heteroatoms. The molecule has 0 aromatic heterocycles. The Labute approximate surface area is 105 Å². The molecule has 17 heavy (non-hydrogen) atoms. The smallest absolute Gasteiger partial charge is 0.00177 e. The summed E-state index contributed by atoms with van der Waals surface area (Å²) in [6, 6.07) is 9.23.